The Morgan fingerprint density at radius 3 is 2.20 bits per heavy atom. The van der Waals surface area contributed by atoms with E-state index >= 15 is 0 Å². The SMILES string of the molecule is CCCCNC(=O)C(c1cccc(C)c1C)N(C(=O)C(NC(=O)OC(C)(C)C)C(C)CC)C(C)C. The van der Waals surface area contributed by atoms with E-state index in [-0.39, 0.29) is 23.8 Å². The third kappa shape index (κ3) is 8.86. The third-order valence-electron chi connectivity index (χ3n) is 6.26. The minimum Gasteiger partial charge on any atom is -0.444 e. The van der Waals surface area contributed by atoms with Crippen LogP contribution >= 0.6 is 0 Å². The second-order valence-corrected chi connectivity index (χ2v) is 10.7. The van der Waals surface area contributed by atoms with Crippen LogP contribution in [0.5, 0.6) is 0 Å². The minimum atomic E-state index is -0.826. The summed E-state index contributed by atoms with van der Waals surface area (Å²) in [6.45, 7) is 19.6. The number of carbonyl (C=O) groups is 3. The summed E-state index contributed by atoms with van der Waals surface area (Å²) in [6, 6.07) is 3.90. The van der Waals surface area contributed by atoms with Crippen LogP contribution in [0.2, 0.25) is 0 Å². The lowest BCUT2D eigenvalue weighted by Gasteiger charge is -2.39. The Morgan fingerprint density at radius 1 is 1.06 bits per heavy atom. The normalized spacial score (nSPS) is 14.1. The highest BCUT2D eigenvalue weighted by molar-refractivity contribution is 5.92. The van der Waals surface area contributed by atoms with Crippen molar-refractivity contribution in [1.82, 2.24) is 15.5 Å². The van der Waals surface area contributed by atoms with E-state index < -0.39 is 23.8 Å². The van der Waals surface area contributed by atoms with E-state index in [0.29, 0.717) is 13.0 Å². The molecule has 1 aromatic carbocycles. The van der Waals surface area contributed by atoms with Gasteiger partial charge in [0.05, 0.1) is 0 Å². The summed E-state index contributed by atoms with van der Waals surface area (Å²) in [5.74, 6) is -0.662. The molecule has 198 valence electrons. The van der Waals surface area contributed by atoms with Gasteiger partial charge in [-0.2, -0.15) is 0 Å². The summed E-state index contributed by atoms with van der Waals surface area (Å²) < 4.78 is 5.45. The van der Waals surface area contributed by atoms with Crippen molar-refractivity contribution in [2.24, 2.45) is 5.92 Å². The maximum Gasteiger partial charge on any atom is 0.408 e. The molecule has 7 heteroatoms. The van der Waals surface area contributed by atoms with Gasteiger partial charge in [0, 0.05) is 12.6 Å². The molecule has 35 heavy (non-hydrogen) atoms. The maximum atomic E-state index is 14.1. The summed E-state index contributed by atoms with van der Waals surface area (Å²) in [5.41, 5.74) is 2.13. The number of amides is 3. The van der Waals surface area contributed by atoms with E-state index in [4.69, 9.17) is 4.74 Å². The molecule has 3 amide bonds. The quantitative estimate of drug-likeness (QED) is 0.405. The molecular formula is C28H47N3O4. The van der Waals surface area contributed by atoms with Crippen molar-refractivity contribution in [3.05, 3.63) is 34.9 Å². The van der Waals surface area contributed by atoms with Gasteiger partial charge in [0.1, 0.15) is 17.7 Å². The molecule has 2 N–H and O–H groups in total. The van der Waals surface area contributed by atoms with E-state index in [9.17, 15) is 14.4 Å². The average Bonchev–Trinajstić information content (AvgIpc) is 2.75. The average molecular weight is 490 g/mol. The summed E-state index contributed by atoms with van der Waals surface area (Å²) in [4.78, 5) is 42.0. The van der Waals surface area contributed by atoms with Gasteiger partial charge in [-0.05, 0) is 77.5 Å². The Labute approximate surface area is 212 Å². The predicted molar refractivity (Wildman–Crippen MR) is 141 cm³/mol. The summed E-state index contributed by atoms with van der Waals surface area (Å²) in [5, 5.41) is 5.83. The van der Waals surface area contributed by atoms with Crippen molar-refractivity contribution in [2.75, 3.05) is 6.54 Å². The van der Waals surface area contributed by atoms with Crippen molar-refractivity contribution < 1.29 is 19.1 Å². The van der Waals surface area contributed by atoms with Crippen LogP contribution in [0.3, 0.4) is 0 Å². The number of alkyl carbamates (subject to hydrolysis) is 1. The van der Waals surface area contributed by atoms with Gasteiger partial charge in [0.2, 0.25) is 11.8 Å². The monoisotopic (exact) mass is 489 g/mol. The Hall–Kier alpha value is -2.57. The fraction of sp³-hybridized carbons (Fsp3) is 0.679. The molecule has 0 radical (unpaired) electrons. The van der Waals surface area contributed by atoms with E-state index in [2.05, 4.69) is 17.6 Å². The van der Waals surface area contributed by atoms with Crippen LogP contribution in [0.4, 0.5) is 4.79 Å². The number of hydrogen-bond acceptors (Lipinski definition) is 4. The molecule has 0 aliphatic rings. The van der Waals surface area contributed by atoms with Crippen LogP contribution in [0.1, 0.15) is 97.4 Å². The largest absolute Gasteiger partial charge is 0.444 e. The topological polar surface area (TPSA) is 87.7 Å². The molecule has 0 aromatic heterocycles. The van der Waals surface area contributed by atoms with Gasteiger partial charge in [0.15, 0.2) is 0 Å². The lowest BCUT2D eigenvalue weighted by atomic mass is 9.92. The van der Waals surface area contributed by atoms with E-state index in [1.165, 1.54) is 0 Å². The van der Waals surface area contributed by atoms with Crippen LogP contribution in [0.15, 0.2) is 18.2 Å². The Morgan fingerprint density at radius 2 is 1.69 bits per heavy atom. The lowest BCUT2D eigenvalue weighted by Crippen LogP contribution is -2.57. The smallest absolute Gasteiger partial charge is 0.408 e. The van der Waals surface area contributed by atoms with Crippen LogP contribution < -0.4 is 10.6 Å². The molecule has 7 nitrogen and oxygen atoms in total. The summed E-state index contributed by atoms with van der Waals surface area (Å²) in [7, 11) is 0. The third-order valence-corrected chi connectivity index (χ3v) is 6.26. The fourth-order valence-corrected chi connectivity index (χ4v) is 3.93. The van der Waals surface area contributed by atoms with Gasteiger partial charge < -0.3 is 20.3 Å². The number of aryl methyl sites for hydroxylation is 1. The number of rotatable bonds is 11. The van der Waals surface area contributed by atoms with Gasteiger partial charge in [0.25, 0.3) is 0 Å². The molecule has 0 aliphatic carbocycles. The number of ether oxygens (including phenoxy) is 1. The second kappa shape index (κ2) is 13.5. The van der Waals surface area contributed by atoms with Gasteiger partial charge in [-0.15, -0.1) is 0 Å². The lowest BCUT2D eigenvalue weighted by molar-refractivity contribution is -0.145. The predicted octanol–water partition coefficient (Wildman–Crippen LogP) is 5.44. The molecule has 3 atom stereocenters. The number of nitrogens with zero attached hydrogens (tertiary/aromatic N) is 1. The minimum absolute atomic E-state index is 0.154. The van der Waals surface area contributed by atoms with Crippen molar-refractivity contribution in [3.8, 4) is 0 Å². The number of unbranched alkanes of at least 4 members (excludes halogenated alkanes) is 1. The van der Waals surface area contributed by atoms with Gasteiger partial charge >= 0.3 is 6.09 Å². The van der Waals surface area contributed by atoms with Crippen LogP contribution in [0.25, 0.3) is 0 Å². The van der Waals surface area contributed by atoms with Crippen LogP contribution in [-0.4, -0.2) is 47.0 Å². The number of hydrogen-bond donors (Lipinski definition) is 2. The molecule has 3 unspecified atom stereocenters. The van der Waals surface area contributed by atoms with Crippen molar-refractivity contribution in [3.63, 3.8) is 0 Å². The van der Waals surface area contributed by atoms with E-state index in [1.807, 2.05) is 59.7 Å². The van der Waals surface area contributed by atoms with Crippen LogP contribution in [0, 0.1) is 19.8 Å². The Bertz CT molecular complexity index is 860. The Balaban J connectivity index is 3.52. The molecule has 0 heterocycles. The molecule has 0 spiro atoms. The highest BCUT2D eigenvalue weighted by Gasteiger charge is 2.39. The zero-order valence-corrected chi connectivity index (χ0v) is 23.5. The van der Waals surface area contributed by atoms with Crippen molar-refractivity contribution >= 4 is 17.9 Å². The first kappa shape index (κ1) is 30.5. The molecule has 0 fully saturated rings. The van der Waals surface area contributed by atoms with Gasteiger partial charge in [-0.25, -0.2) is 4.79 Å². The zero-order chi connectivity index (χ0) is 26.9. The van der Waals surface area contributed by atoms with Crippen molar-refractivity contribution in [2.45, 2.75) is 112 Å². The summed E-state index contributed by atoms with van der Waals surface area (Å²) in [6.07, 6.45) is 1.85. The molecule has 0 bridgehead atoms. The second-order valence-electron chi connectivity index (χ2n) is 10.7. The van der Waals surface area contributed by atoms with Gasteiger partial charge in [-0.1, -0.05) is 51.8 Å². The molecule has 1 aromatic rings. The first-order chi connectivity index (χ1) is 16.2. The summed E-state index contributed by atoms with van der Waals surface area (Å²) >= 11 is 0. The highest BCUT2D eigenvalue weighted by atomic mass is 16.6. The standard InChI is InChI=1S/C28H47N3O4/c1-11-13-17-29-25(32)24(22-16-14-15-20(6)21(22)7)31(18(3)4)26(33)23(19(5)12-2)30-27(34)35-28(8,9)10/h14-16,18-19,23-24H,11-13,17H2,1-10H3,(H,29,32)(H,30,34). The van der Waals surface area contributed by atoms with E-state index in [0.717, 1.165) is 29.5 Å². The first-order valence-corrected chi connectivity index (χ1v) is 12.9. The number of benzene rings is 1. The highest BCUT2D eigenvalue weighted by Crippen LogP contribution is 2.30. The zero-order valence-electron chi connectivity index (χ0n) is 23.5. The Kier molecular flexibility index (Phi) is 11.7. The fourth-order valence-electron chi connectivity index (χ4n) is 3.93. The molecule has 0 aliphatic heterocycles. The molecular weight excluding hydrogens is 442 g/mol. The number of carbonyl (C=O) groups excluding carboxylic acids is 3. The van der Waals surface area contributed by atoms with Gasteiger partial charge in [-0.3, -0.25) is 9.59 Å². The first-order valence-electron chi connectivity index (χ1n) is 12.9. The van der Waals surface area contributed by atoms with Crippen molar-refractivity contribution in [1.29, 1.82) is 0 Å². The van der Waals surface area contributed by atoms with E-state index in [1.54, 1.807) is 25.7 Å². The molecule has 1 rings (SSSR count). The maximum absolute atomic E-state index is 14.1. The molecule has 0 saturated heterocycles. The van der Waals surface area contributed by atoms with Crippen LogP contribution in [-0.2, 0) is 14.3 Å². The number of nitrogens with one attached hydrogen (secondary N) is 2. The molecule has 0 saturated carbocycles.